The Morgan fingerprint density at radius 3 is 3.12 bits per heavy atom. The van der Waals surface area contributed by atoms with Crippen molar-refractivity contribution in [3.05, 3.63) is 22.3 Å². The second-order valence-corrected chi connectivity index (χ2v) is 5.76. The van der Waals surface area contributed by atoms with Crippen molar-refractivity contribution in [1.29, 1.82) is 0 Å². The molecule has 0 aromatic carbocycles. The first-order valence-electron chi connectivity index (χ1n) is 6.23. The van der Waals surface area contributed by atoms with Crippen LogP contribution in [0.15, 0.2) is 16.7 Å². The number of hydrogen-bond acceptors (Lipinski definition) is 3. The average Bonchev–Trinajstić information content (AvgIpc) is 2.69. The van der Waals surface area contributed by atoms with E-state index in [2.05, 4.69) is 39.7 Å². The van der Waals surface area contributed by atoms with E-state index in [1.165, 1.54) is 18.4 Å². The topological polar surface area (TPSA) is 42.2 Å². The summed E-state index contributed by atoms with van der Waals surface area (Å²) >= 11 is 3.65. The summed E-state index contributed by atoms with van der Waals surface area (Å²) in [6.45, 7) is 5.27. The highest BCUT2D eigenvalue weighted by atomic mass is 79.9. The van der Waals surface area contributed by atoms with Gasteiger partial charge in [0.15, 0.2) is 0 Å². The predicted octanol–water partition coefficient (Wildman–Crippen LogP) is 2.86. The van der Waals surface area contributed by atoms with Crippen LogP contribution in [0.4, 0.5) is 5.82 Å². The minimum Gasteiger partial charge on any atom is -0.353 e. The van der Waals surface area contributed by atoms with Crippen LogP contribution in [0, 0.1) is 6.92 Å². The summed E-state index contributed by atoms with van der Waals surface area (Å²) < 4.78 is 1.12. The van der Waals surface area contributed by atoms with Crippen molar-refractivity contribution in [3.63, 3.8) is 0 Å². The van der Waals surface area contributed by atoms with Crippen molar-refractivity contribution in [2.24, 2.45) is 5.73 Å². The number of halogens is 1. The number of aryl methyl sites for hydroxylation is 1. The molecule has 1 fully saturated rings. The summed E-state index contributed by atoms with van der Waals surface area (Å²) in [6, 6.07) is 2.83. The van der Waals surface area contributed by atoms with Gasteiger partial charge in [-0.3, -0.25) is 0 Å². The molecule has 0 radical (unpaired) electrons. The van der Waals surface area contributed by atoms with Crippen LogP contribution in [0.1, 0.15) is 31.7 Å². The molecule has 0 saturated carbocycles. The van der Waals surface area contributed by atoms with E-state index in [4.69, 9.17) is 5.73 Å². The van der Waals surface area contributed by atoms with E-state index in [-0.39, 0.29) is 6.04 Å². The summed E-state index contributed by atoms with van der Waals surface area (Å²) in [7, 11) is 0. The highest BCUT2D eigenvalue weighted by molar-refractivity contribution is 9.10. The molecule has 17 heavy (non-hydrogen) atoms. The fraction of sp³-hybridized carbons (Fsp3) is 0.615. The summed E-state index contributed by atoms with van der Waals surface area (Å²) in [5.74, 6) is 1.08. The third kappa shape index (κ3) is 2.80. The van der Waals surface area contributed by atoms with Crippen molar-refractivity contribution in [1.82, 2.24) is 4.98 Å². The van der Waals surface area contributed by atoms with E-state index < -0.39 is 0 Å². The number of hydrogen-bond donors (Lipinski definition) is 1. The van der Waals surface area contributed by atoms with E-state index in [1.807, 2.05) is 12.3 Å². The Morgan fingerprint density at radius 1 is 1.65 bits per heavy atom. The van der Waals surface area contributed by atoms with Crippen LogP contribution in [0.25, 0.3) is 0 Å². The van der Waals surface area contributed by atoms with Gasteiger partial charge in [-0.05, 0) is 60.7 Å². The average molecular weight is 298 g/mol. The highest BCUT2D eigenvalue weighted by Gasteiger charge is 2.27. The molecule has 1 aliphatic heterocycles. The molecular weight excluding hydrogens is 278 g/mol. The van der Waals surface area contributed by atoms with Gasteiger partial charge in [0, 0.05) is 24.8 Å². The van der Waals surface area contributed by atoms with Crippen LogP contribution in [-0.4, -0.2) is 23.6 Å². The lowest BCUT2D eigenvalue weighted by Gasteiger charge is -2.28. The molecule has 1 saturated heterocycles. The molecule has 2 N–H and O–H groups in total. The molecule has 2 atom stereocenters. The van der Waals surface area contributed by atoms with Crippen molar-refractivity contribution in [3.8, 4) is 0 Å². The Balaban J connectivity index is 2.23. The van der Waals surface area contributed by atoms with E-state index in [9.17, 15) is 0 Å². The Labute approximate surface area is 112 Å². The first-order valence-corrected chi connectivity index (χ1v) is 7.02. The number of nitrogens with two attached hydrogens (primary N) is 1. The smallest absolute Gasteiger partial charge is 0.143 e. The zero-order chi connectivity index (χ0) is 12.4. The van der Waals surface area contributed by atoms with Gasteiger partial charge in [0.05, 0.1) is 4.47 Å². The molecule has 2 unspecified atom stereocenters. The third-order valence-corrected chi connectivity index (χ3v) is 4.34. The van der Waals surface area contributed by atoms with Crippen LogP contribution >= 0.6 is 15.9 Å². The summed E-state index contributed by atoms with van der Waals surface area (Å²) in [5, 5.41) is 0. The highest BCUT2D eigenvalue weighted by Crippen LogP contribution is 2.33. The minimum absolute atomic E-state index is 0.254. The molecule has 1 aromatic heterocycles. The molecule has 0 amide bonds. The lowest BCUT2D eigenvalue weighted by Crippen LogP contribution is -2.35. The molecule has 3 nitrogen and oxygen atoms in total. The number of anilines is 1. The monoisotopic (exact) mass is 297 g/mol. The molecule has 2 heterocycles. The largest absolute Gasteiger partial charge is 0.353 e. The van der Waals surface area contributed by atoms with Crippen molar-refractivity contribution < 1.29 is 0 Å². The number of nitrogens with zero attached hydrogens (tertiary/aromatic N) is 2. The van der Waals surface area contributed by atoms with Crippen LogP contribution in [0.5, 0.6) is 0 Å². The quantitative estimate of drug-likeness (QED) is 0.933. The standard InChI is InChI=1S/C13H20BrN3/c1-9-5-6-16-13(12(9)14)17-7-3-4-11(17)8-10(2)15/h5-6,10-11H,3-4,7-8,15H2,1-2H3. The van der Waals surface area contributed by atoms with Crippen LogP contribution < -0.4 is 10.6 Å². The van der Waals surface area contributed by atoms with Crippen molar-refractivity contribution in [2.75, 3.05) is 11.4 Å². The Kier molecular flexibility index (Phi) is 4.05. The predicted molar refractivity (Wildman–Crippen MR) is 75.3 cm³/mol. The Hall–Kier alpha value is -0.610. The summed E-state index contributed by atoms with van der Waals surface area (Å²) in [5.41, 5.74) is 7.16. The van der Waals surface area contributed by atoms with Crippen LogP contribution in [-0.2, 0) is 0 Å². The zero-order valence-corrected chi connectivity index (χ0v) is 12.1. The maximum absolute atomic E-state index is 5.92. The number of pyridine rings is 1. The molecule has 0 aliphatic carbocycles. The van der Waals surface area contributed by atoms with Gasteiger partial charge >= 0.3 is 0 Å². The first kappa shape index (κ1) is 12.8. The van der Waals surface area contributed by atoms with Gasteiger partial charge in [-0.15, -0.1) is 0 Å². The molecule has 94 valence electrons. The summed E-state index contributed by atoms with van der Waals surface area (Å²) in [4.78, 5) is 6.92. The van der Waals surface area contributed by atoms with E-state index in [0.29, 0.717) is 6.04 Å². The fourth-order valence-corrected chi connectivity index (χ4v) is 2.98. The van der Waals surface area contributed by atoms with E-state index in [1.54, 1.807) is 0 Å². The molecule has 1 aliphatic rings. The van der Waals surface area contributed by atoms with Crippen molar-refractivity contribution in [2.45, 2.75) is 45.2 Å². The van der Waals surface area contributed by atoms with Crippen molar-refractivity contribution >= 4 is 21.7 Å². The van der Waals surface area contributed by atoms with Crippen LogP contribution in [0.3, 0.4) is 0 Å². The molecule has 4 heteroatoms. The van der Waals surface area contributed by atoms with Gasteiger partial charge in [0.1, 0.15) is 5.82 Å². The molecular formula is C13H20BrN3. The molecule has 1 aromatic rings. The SMILES string of the molecule is Cc1ccnc(N2CCCC2CC(C)N)c1Br. The van der Waals surface area contributed by atoms with Gasteiger partial charge in [-0.1, -0.05) is 0 Å². The molecule has 0 bridgehead atoms. The number of aromatic nitrogens is 1. The van der Waals surface area contributed by atoms with E-state index in [0.717, 1.165) is 23.3 Å². The molecule has 2 rings (SSSR count). The lowest BCUT2D eigenvalue weighted by molar-refractivity contribution is 0.542. The maximum atomic E-state index is 5.92. The first-order chi connectivity index (χ1) is 8.09. The van der Waals surface area contributed by atoms with E-state index >= 15 is 0 Å². The second-order valence-electron chi connectivity index (χ2n) is 4.97. The second kappa shape index (κ2) is 5.36. The summed E-state index contributed by atoms with van der Waals surface area (Å²) in [6.07, 6.45) is 5.39. The van der Waals surface area contributed by atoms with Gasteiger partial charge in [0.25, 0.3) is 0 Å². The lowest BCUT2D eigenvalue weighted by atomic mass is 10.1. The van der Waals surface area contributed by atoms with Gasteiger partial charge in [-0.25, -0.2) is 4.98 Å². The third-order valence-electron chi connectivity index (χ3n) is 3.36. The Bertz CT molecular complexity index is 392. The van der Waals surface area contributed by atoms with Crippen LogP contribution in [0.2, 0.25) is 0 Å². The number of rotatable bonds is 3. The Morgan fingerprint density at radius 2 is 2.41 bits per heavy atom. The normalized spacial score (nSPS) is 21.9. The fourth-order valence-electron chi connectivity index (χ4n) is 2.51. The van der Waals surface area contributed by atoms with Gasteiger partial charge in [0.2, 0.25) is 0 Å². The zero-order valence-electron chi connectivity index (χ0n) is 10.5. The maximum Gasteiger partial charge on any atom is 0.143 e. The molecule has 0 spiro atoms. The van der Waals surface area contributed by atoms with Gasteiger partial charge in [-0.2, -0.15) is 0 Å². The minimum atomic E-state index is 0.254. The van der Waals surface area contributed by atoms with Gasteiger partial charge < -0.3 is 10.6 Å².